The molecule has 1 aromatic carbocycles. The lowest BCUT2D eigenvalue weighted by Gasteiger charge is -2.11. The fourth-order valence-corrected chi connectivity index (χ4v) is 2.37. The lowest BCUT2D eigenvalue weighted by Crippen LogP contribution is -2.29. The molecule has 0 fully saturated rings. The van der Waals surface area contributed by atoms with Gasteiger partial charge in [0, 0.05) is 24.2 Å². The number of nitrogens with two attached hydrogens (primary N) is 1. The Hall–Kier alpha value is -2.18. The molecule has 0 radical (unpaired) electrons. The summed E-state index contributed by atoms with van der Waals surface area (Å²) < 4.78 is 20.8. The van der Waals surface area contributed by atoms with Crippen LogP contribution in [0.2, 0.25) is 0 Å². The summed E-state index contributed by atoms with van der Waals surface area (Å²) in [7, 11) is 1.83. The molecule has 0 aliphatic carbocycles. The molecule has 2 aromatic heterocycles. The van der Waals surface area contributed by atoms with Crippen LogP contribution in [0.25, 0.3) is 11.0 Å². The molecule has 3 N–H and O–H groups in total. The van der Waals surface area contributed by atoms with Crippen molar-refractivity contribution >= 4 is 11.0 Å². The van der Waals surface area contributed by atoms with Gasteiger partial charge in [-0.2, -0.15) is 5.10 Å². The van der Waals surface area contributed by atoms with Crippen molar-refractivity contribution in [2.75, 3.05) is 0 Å². The monoisotopic (exact) mass is 274 g/mol. The number of aromatic nitrogens is 2. The van der Waals surface area contributed by atoms with Gasteiger partial charge in [-0.05, 0) is 31.2 Å². The Bertz CT molecular complexity index is 762. The molecule has 20 heavy (non-hydrogen) atoms. The van der Waals surface area contributed by atoms with Crippen molar-refractivity contribution in [3.63, 3.8) is 0 Å². The molecule has 1 unspecified atom stereocenters. The van der Waals surface area contributed by atoms with E-state index in [1.807, 2.05) is 26.2 Å². The number of hydrogen-bond donors (Lipinski definition) is 2. The van der Waals surface area contributed by atoms with E-state index in [9.17, 15) is 4.39 Å². The van der Waals surface area contributed by atoms with Crippen molar-refractivity contribution in [2.45, 2.75) is 13.0 Å². The Morgan fingerprint density at radius 3 is 2.85 bits per heavy atom. The Balaban J connectivity index is 2.14. The van der Waals surface area contributed by atoms with E-state index < -0.39 is 0 Å². The molecule has 0 saturated heterocycles. The van der Waals surface area contributed by atoms with Crippen LogP contribution in [-0.4, -0.2) is 9.78 Å². The summed E-state index contributed by atoms with van der Waals surface area (Å²) in [6.07, 6.45) is 1.83. The number of furan rings is 1. The first-order valence-corrected chi connectivity index (χ1v) is 6.24. The van der Waals surface area contributed by atoms with Gasteiger partial charge in [-0.25, -0.2) is 9.82 Å². The zero-order chi connectivity index (χ0) is 14.3. The van der Waals surface area contributed by atoms with Crippen LogP contribution >= 0.6 is 0 Å². The zero-order valence-electron chi connectivity index (χ0n) is 11.2. The molecule has 0 spiro atoms. The van der Waals surface area contributed by atoms with E-state index in [4.69, 9.17) is 10.3 Å². The number of rotatable bonds is 3. The van der Waals surface area contributed by atoms with Crippen LogP contribution in [0.15, 0.2) is 34.9 Å². The normalized spacial score (nSPS) is 13.0. The van der Waals surface area contributed by atoms with Crippen molar-refractivity contribution in [1.82, 2.24) is 15.2 Å². The third kappa shape index (κ3) is 1.99. The summed E-state index contributed by atoms with van der Waals surface area (Å²) in [5, 5.41) is 5.07. The second-order valence-corrected chi connectivity index (χ2v) is 4.75. The van der Waals surface area contributed by atoms with Crippen molar-refractivity contribution in [2.24, 2.45) is 12.9 Å². The van der Waals surface area contributed by atoms with Gasteiger partial charge in [0.15, 0.2) is 0 Å². The van der Waals surface area contributed by atoms with Crippen LogP contribution in [0.3, 0.4) is 0 Å². The topological polar surface area (TPSA) is 69.0 Å². The number of hydrazine groups is 1. The van der Waals surface area contributed by atoms with Crippen LogP contribution in [0.4, 0.5) is 4.39 Å². The second kappa shape index (κ2) is 4.73. The highest BCUT2D eigenvalue weighted by molar-refractivity contribution is 5.82. The Kier molecular flexibility index (Phi) is 3.04. The Morgan fingerprint density at radius 2 is 2.20 bits per heavy atom. The molecule has 0 saturated carbocycles. The fourth-order valence-electron chi connectivity index (χ4n) is 2.37. The zero-order valence-corrected chi connectivity index (χ0v) is 11.2. The van der Waals surface area contributed by atoms with Crippen molar-refractivity contribution in [3.05, 3.63) is 53.3 Å². The van der Waals surface area contributed by atoms with E-state index in [0.717, 1.165) is 16.6 Å². The van der Waals surface area contributed by atoms with Gasteiger partial charge in [-0.3, -0.25) is 10.5 Å². The number of aryl methyl sites for hydroxylation is 2. The minimum Gasteiger partial charge on any atom is -0.459 e. The molecule has 2 heterocycles. The largest absolute Gasteiger partial charge is 0.459 e. The smallest absolute Gasteiger partial charge is 0.134 e. The van der Waals surface area contributed by atoms with E-state index in [2.05, 4.69) is 10.5 Å². The highest BCUT2D eigenvalue weighted by atomic mass is 19.1. The SMILES string of the molecule is Cc1c(C(NN)c2ccn(C)n2)oc2ccc(F)cc12. The van der Waals surface area contributed by atoms with Crippen molar-refractivity contribution < 1.29 is 8.81 Å². The van der Waals surface area contributed by atoms with E-state index in [-0.39, 0.29) is 11.9 Å². The van der Waals surface area contributed by atoms with E-state index >= 15 is 0 Å². The van der Waals surface area contributed by atoms with Crippen molar-refractivity contribution in [3.8, 4) is 0 Å². The van der Waals surface area contributed by atoms with Gasteiger partial charge in [0.2, 0.25) is 0 Å². The molecule has 0 bridgehead atoms. The first-order valence-electron chi connectivity index (χ1n) is 6.24. The highest BCUT2D eigenvalue weighted by Crippen LogP contribution is 2.32. The summed E-state index contributed by atoms with van der Waals surface area (Å²) in [6, 6.07) is 5.95. The number of benzene rings is 1. The average Bonchev–Trinajstić information content (AvgIpc) is 2.97. The summed E-state index contributed by atoms with van der Waals surface area (Å²) in [6.45, 7) is 1.88. The average molecular weight is 274 g/mol. The summed E-state index contributed by atoms with van der Waals surface area (Å²) in [4.78, 5) is 0. The predicted octanol–water partition coefficient (Wildman–Crippen LogP) is 2.17. The molecule has 0 amide bonds. The maximum Gasteiger partial charge on any atom is 0.134 e. The van der Waals surface area contributed by atoms with E-state index in [1.54, 1.807) is 10.7 Å². The first kappa shape index (κ1) is 12.8. The summed E-state index contributed by atoms with van der Waals surface area (Å²) in [5.41, 5.74) is 4.94. The van der Waals surface area contributed by atoms with Crippen LogP contribution in [-0.2, 0) is 7.05 Å². The lowest BCUT2D eigenvalue weighted by atomic mass is 10.1. The second-order valence-electron chi connectivity index (χ2n) is 4.75. The Morgan fingerprint density at radius 1 is 1.40 bits per heavy atom. The number of hydrogen-bond acceptors (Lipinski definition) is 4. The van der Waals surface area contributed by atoms with Gasteiger partial charge in [0.25, 0.3) is 0 Å². The van der Waals surface area contributed by atoms with E-state index in [0.29, 0.717) is 11.3 Å². The van der Waals surface area contributed by atoms with Gasteiger partial charge in [-0.1, -0.05) is 0 Å². The first-order chi connectivity index (χ1) is 9.60. The molecule has 0 aliphatic rings. The molecule has 104 valence electrons. The third-order valence-corrected chi connectivity index (χ3v) is 3.39. The summed E-state index contributed by atoms with van der Waals surface area (Å²) in [5.74, 6) is 5.99. The molecule has 0 aliphatic heterocycles. The van der Waals surface area contributed by atoms with Gasteiger partial charge in [0.05, 0.1) is 5.69 Å². The molecular weight excluding hydrogens is 259 g/mol. The van der Waals surface area contributed by atoms with E-state index in [1.165, 1.54) is 12.1 Å². The van der Waals surface area contributed by atoms with Crippen LogP contribution in [0.5, 0.6) is 0 Å². The standard InChI is InChI=1S/C14H15FN4O/c1-8-10-7-9(15)3-4-12(10)20-14(8)13(17-16)11-5-6-19(2)18-11/h3-7,13,17H,16H2,1-2H3. The number of fused-ring (bicyclic) bond motifs is 1. The lowest BCUT2D eigenvalue weighted by molar-refractivity contribution is 0.464. The number of halogens is 1. The molecule has 1 atom stereocenters. The number of nitrogens with one attached hydrogen (secondary N) is 1. The van der Waals surface area contributed by atoms with Crippen LogP contribution in [0.1, 0.15) is 23.1 Å². The van der Waals surface area contributed by atoms with Crippen LogP contribution in [0, 0.1) is 12.7 Å². The van der Waals surface area contributed by atoms with Crippen molar-refractivity contribution in [1.29, 1.82) is 0 Å². The molecular formula is C14H15FN4O. The third-order valence-electron chi connectivity index (χ3n) is 3.39. The fraction of sp³-hybridized carbons (Fsp3) is 0.214. The maximum atomic E-state index is 13.3. The van der Waals surface area contributed by atoms with Gasteiger partial charge in [0.1, 0.15) is 23.2 Å². The number of nitrogens with zero attached hydrogens (tertiary/aromatic N) is 2. The summed E-state index contributed by atoms with van der Waals surface area (Å²) >= 11 is 0. The molecule has 3 aromatic rings. The van der Waals surface area contributed by atoms with Crippen LogP contribution < -0.4 is 11.3 Å². The minimum absolute atomic E-state index is 0.289. The molecule has 3 rings (SSSR count). The van der Waals surface area contributed by atoms with Gasteiger partial charge >= 0.3 is 0 Å². The molecule has 5 nitrogen and oxygen atoms in total. The maximum absolute atomic E-state index is 13.3. The predicted molar refractivity (Wildman–Crippen MR) is 73.3 cm³/mol. The quantitative estimate of drug-likeness (QED) is 0.567. The minimum atomic E-state index is -0.369. The van der Waals surface area contributed by atoms with Gasteiger partial charge in [-0.15, -0.1) is 0 Å². The highest BCUT2D eigenvalue weighted by Gasteiger charge is 2.23. The molecule has 6 heteroatoms. The Labute approximate surface area is 115 Å². The van der Waals surface area contributed by atoms with Gasteiger partial charge < -0.3 is 4.42 Å².